The molecule has 0 saturated heterocycles. The lowest BCUT2D eigenvalue weighted by molar-refractivity contribution is -0.131. The summed E-state index contributed by atoms with van der Waals surface area (Å²) in [7, 11) is 0. The molecule has 0 saturated carbocycles. The summed E-state index contributed by atoms with van der Waals surface area (Å²) in [6.07, 6.45) is 5.81. The van der Waals surface area contributed by atoms with Gasteiger partial charge < -0.3 is 14.6 Å². The molecule has 0 fully saturated rings. The summed E-state index contributed by atoms with van der Waals surface area (Å²) in [5.74, 6) is 0.115. The number of benzene rings is 1. The van der Waals surface area contributed by atoms with Crippen LogP contribution >= 0.6 is 0 Å². The third kappa shape index (κ3) is 5.12. The number of carboxylic acids is 1. The molecule has 0 aliphatic carbocycles. The molecule has 0 unspecified atom stereocenters. The number of rotatable bonds is 8. The first-order valence-corrected chi connectivity index (χ1v) is 5.70. The molecule has 4 nitrogen and oxygen atoms in total. The Morgan fingerprint density at radius 2 is 1.79 bits per heavy atom. The van der Waals surface area contributed by atoms with E-state index in [2.05, 4.69) is 13.2 Å². The number of carboxylic acid groups (broad SMARTS) is 1. The number of carbonyl (C=O) groups is 1. The molecule has 0 atom stereocenters. The minimum absolute atomic E-state index is 0.344. The zero-order chi connectivity index (χ0) is 14.1. The molecule has 0 aliphatic rings. The molecule has 0 radical (unpaired) electrons. The third-order valence-electron chi connectivity index (χ3n) is 2.10. The molecule has 19 heavy (non-hydrogen) atoms. The standard InChI is InChI=1S/C15H16O4/c1-3-9-18-13-7-5-12(6-8-15(16)17)11-14(13)19-10-4-2/h3-8,11H,1-2,9-10H2,(H,16,17)/b8-6+. The fraction of sp³-hybridized carbons (Fsp3) is 0.133. The van der Waals surface area contributed by atoms with Crippen LogP contribution in [0.3, 0.4) is 0 Å². The Bertz CT molecular complexity index is 489. The first kappa shape index (κ1) is 14.6. The Morgan fingerprint density at radius 3 is 2.37 bits per heavy atom. The van der Waals surface area contributed by atoms with Crippen LogP contribution in [0, 0.1) is 0 Å². The van der Waals surface area contributed by atoms with E-state index in [1.165, 1.54) is 6.08 Å². The van der Waals surface area contributed by atoms with Gasteiger partial charge in [0, 0.05) is 6.08 Å². The molecule has 0 spiro atoms. The highest BCUT2D eigenvalue weighted by molar-refractivity contribution is 5.85. The van der Waals surface area contributed by atoms with E-state index >= 15 is 0 Å². The summed E-state index contributed by atoms with van der Waals surface area (Å²) in [6, 6.07) is 5.18. The van der Waals surface area contributed by atoms with E-state index in [1.807, 2.05) is 0 Å². The predicted molar refractivity (Wildman–Crippen MR) is 74.5 cm³/mol. The van der Waals surface area contributed by atoms with E-state index in [0.29, 0.717) is 30.3 Å². The Hall–Kier alpha value is -2.49. The van der Waals surface area contributed by atoms with Gasteiger partial charge in [-0.1, -0.05) is 31.4 Å². The molecule has 0 aromatic heterocycles. The maximum atomic E-state index is 10.5. The largest absolute Gasteiger partial charge is 0.486 e. The Morgan fingerprint density at radius 1 is 1.16 bits per heavy atom. The summed E-state index contributed by atoms with van der Waals surface area (Å²) in [6.45, 7) is 7.86. The number of aliphatic carboxylic acids is 1. The predicted octanol–water partition coefficient (Wildman–Crippen LogP) is 2.91. The summed E-state index contributed by atoms with van der Waals surface area (Å²) >= 11 is 0. The number of hydrogen-bond donors (Lipinski definition) is 1. The molecular weight excluding hydrogens is 244 g/mol. The molecule has 0 heterocycles. The second-order valence-electron chi connectivity index (χ2n) is 3.58. The summed E-state index contributed by atoms with van der Waals surface area (Å²) in [5, 5.41) is 8.59. The van der Waals surface area contributed by atoms with E-state index in [9.17, 15) is 4.79 Å². The molecule has 1 N–H and O–H groups in total. The van der Waals surface area contributed by atoms with Crippen LogP contribution in [0.2, 0.25) is 0 Å². The fourth-order valence-electron chi connectivity index (χ4n) is 1.33. The highest BCUT2D eigenvalue weighted by Gasteiger charge is 2.05. The van der Waals surface area contributed by atoms with E-state index in [0.717, 1.165) is 6.08 Å². The van der Waals surface area contributed by atoms with E-state index in [-0.39, 0.29) is 0 Å². The molecule has 0 bridgehead atoms. The van der Waals surface area contributed by atoms with Crippen LogP contribution in [0.15, 0.2) is 49.6 Å². The van der Waals surface area contributed by atoms with Crippen molar-refractivity contribution >= 4 is 12.0 Å². The maximum Gasteiger partial charge on any atom is 0.328 e. The number of hydrogen-bond acceptors (Lipinski definition) is 3. The van der Waals surface area contributed by atoms with Crippen LogP contribution in [0.4, 0.5) is 0 Å². The third-order valence-corrected chi connectivity index (χ3v) is 2.10. The molecule has 1 aromatic rings. The van der Waals surface area contributed by atoms with Crippen molar-refractivity contribution in [1.29, 1.82) is 0 Å². The van der Waals surface area contributed by atoms with Crippen molar-refractivity contribution in [2.45, 2.75) is 0 Å². The Labute approximate surface area is 112 Å². The van der Waals surface area contributed by atoms with Crippen molar-refractivity contribution in [3.8, 4) is 11.5 Å². The van der Waals surface area contributed by atoms with Crippen LogP contribution in [-0.2, 0) is 4.79 Å². The van der Waals surface area contributed by atoms with Gasteiger partial charge in [-0.15, -0.1) is 0 Å². The van der Waals surface area contributed by atoms with E-state index < -0.39 is 5.97 Å². The lowest BCUT2D eigenvalue weighted by atomic mass is 10.2. The van der Waals surface area contributed by atoms with Gasteiger partial charge in [0.2, 0.25) is 0 Å². The highest BCUT2D eigenvalue weighted by Crippen LogP contribution is 2.29. The number of ether oxygens (including phenoxy) is 2. The fourth-order valence-corrected chi connectivity index (χ4v) is 1.33. The smallest absolute Gasteiger partial charge is 0.328 e. The van der Waals surface area contributed by atoms with Crippen LogP contribution < -0.4 is 9.47 Å². The molecule has 4 heteroatoms. The molecule has 0 aliphatic heterocycles. The molecule has 1 rings (SSSR count). The van der Waals surface area contributed by atoms with Gasteiger partial charge in [-0.05, 0) is 23.8 Å². The highest BCUT2D eigenvalue weighted by atomic mass is 16.5. The molecule has 0 amide bonds. The van der Waals surface area contributed by atoms with E-state index in [4.69, 9.17) is 14.6 Å². The van der Waals surface area contributed by atoms with Crippen LogP contribution in [0.1, 0.15) is 5.56 Å². The summed E-state index contributed by atoms with van der Waals surface area (Å²) in [4.78, 5) is 10.5. The van der Waals surface area contributed by atoms with Crippen molar-refractivity contribution in [3.63, 3.8) is 0 Å². The summed E-state index contributed by atoms with van der Waals surface area (Å²) in [5.41, 5.74) is 0.715. The van der Waals surface area contributed by atoms with Gasteiger partial charge in [-0.2, -0.15) is 0 Å². The quantitative estimate of drug-likeness (QED) is 0.576. The van der Waals surface area contributed by atoms with Crippen LogP contribution in [0.5, 0.6) is 11.5 Å². The summed E-state index contributed by atoms with van der Waals surface area (Å²) < 4.78 is 10.9. The van der Waals surface area contributed by atoms with Crippen molar-refractivity contribution in [2.24, 2.45) is 0 Å². The van der Waals surface area contributed by atoms with Crippen molar-refractivity contribution in [1.82, 2.24) is 0 Å². The van der Waals surface area contributed by atoms with Gasteiger partial charge in [-0.3, -0.25) is 0 Å². The topological polar surface area (TPSA) is 55.8 Å². The molecular formula is C15H16O4. The minimum atomic E-state index is -0.999. The molecule has 100 valence electrons. The second kappa shape index (κ2) is 7.76. The van der Waals surface area contributed by atoms with Gasteiger partial charge in [0.15, 0.2) is 11.5 Å². The maximum absolute atomic E-state index is 10.5. The first-order valence-electron chi connectivity index (χ1n) is 5.70. The van der Waals surface area contributed by atoms with Gasteiger partial charge in [0.25, 0.3) is 0 Å². The van der Waals surface area contributed by atoms with Crippen LogP contribution in [-0.4, -0.2) is 24.3 Å². The lowest BCUT2D eigenvalue weighted by Crippen LogP contribution is -1.99. The first-order chi connectivity index (χ1) is 9.17. The average Bonchev–Trinajstić information content (AvgIpc) is 2.41. The minimum Gasteiger partial charge on any atom is -0.486 e. The van der Waals surface area contributed by atoms with Crippen LogP contribution in [0.25, 0.3) is 6.08 Å². The lowest BCUT2D eigenvalue weighted by Gasteiger charge is -2.11. The van der Waals surface area contributed by atoms with Gasteiger partial charge in [-0.25, -0.2) is 4.79 Å². The zero-order valence-electron chi connectivity index (χ0n) is 10.5. The van der Waals surface area contributed by atoms with Crippen molar-refractivity contribution in [3.05, 3.63) is 55.1 Å². The van der Waals surface area contributed by atoms with Gasteiger partial charge in [0.1, 0.15) is 13.2 Å². The van der Waals surface area contributed by atoms with Crippen molar-refractivity contribution in [2.75, 3.05) is 13.2 Å². The normalized spacial score (nSPS) is 10.1. The monoisotopic (exact) mass is 260 g/mol. The average molecular weight is 260 g/mol. The van der Waals surface area contributed by atoms with E-state index in [1.54, 1.807) is 30.4 Å². The SMILES string of the molecule is C=CCOc1ccc(/C=C/C(=O)O)cc1OCC=C. The second-order valence-corrected chi connectivity index (χ2v) is 3.58. The zero-order valence-corrected chi connectivity index (χ0v) is 10.5. The van der Waals surface area contributed by atoms with Gasteiger partial charge in [0.05, 0.1) is 0 Å². The van der Waals surface area contributed by atoms with Crippen molar-refractivity contribution < 1.29 is 19.4 Å². The molecule has 1 aromatic carbocycles. The van der Waals surface area contributed by atoms with Gasteiger partial charge >= 0.3 is 5.97 Å². The Kier molecular flexibility index (Phi) is 5.95. The Balaban J connectivity index is 2.95.